The van der Waals surface area contributed by atoms with Gasteiger partial charge in [-0.3, -0.25) is 9.80 Å². The summed E-state index contributed by atoms with van der Waals surface area (Å²) in [6.45, 7) is 11.4. The smallest absolute Gasteiger partial charge is 0.0358 e. The van der Waals surface area contributed by atoms with E-state index in [0.29, 0.717) is 5.54 Å². The van der Waals surface area contributed by atoms with Crippen molar-refractivity contribution < 1.29 is 0 Å². The van der Waals surface area contributed by atoms with E-state index in [2.05, 4.69) is 37.6 Å². The standard InChI is InChI=1S/C14H29N3/c1-12-6-5-7-14(12,10-15)17-9-8-16(4)13(2,3)11-17/h12H,5-11,15H2,1-4H3. The van der Waals surface area contributed by atoms with Crippen molar-refractivity contribution in [3.05, 3.63) is 0 Å². The van der Waals surface area contributed by atoms with Crippen LogP contribution in [0.2, 0.25) is 0 Å². The Hall–Kier alpha value is -0.120. The summed E-state index contributed by atoms with van der Waals surface area (Å²) < 4.78 is 0. The SMILES string of the molecule is CC1CCCC1(CN)N1CCN(C)C(C)(C)C1. The van der Waals surface area contributed by atoms with Gasteiger partial charge in [-0.2, -0.15) is 0 Å². The Balaban J connectivity index is 2.16. The first-order valence-electron chi connectivity index (χ1n) is 7.09. The van der Waals surface area contributed by atoms with E-state index in [1.165, 1.54) is 32.4 Å². The molecule has 0 aromatic carbocycles. The highest BCUT2D eigenvalue weighted by molar-refractivity contribution is 5.04. The van der Waals surface area contributed by atoms with Gasteiger partial charge >= 0.3 is 0 Å². The summed E-state index contributed by atoms with van der Waals surface area (Å²) in [5, 5.41) is 0. The largest absolute Gasteiger partial charge is 0.329 e. The molecule has 0 spiro atoms. The van der Waals surface area contributed by atoms with Crippen LogP contribution in [0.5, 0.6) is 0 Å². The molecule has 2 atom stereocenters. The van der Waals surface area contributed by atoms with Crippen LogP contribution in [0.1, 0.15) is 40.0 Å². The minimum Gasteiger partial charge on any atom is -0.329 e. The molecule has 1 saturated heterocycles. The molecular weight excluding hydrogens is 210 g/mol. The minimum atomic E-state index is 0.280. The molecule has 1 saturated carbocycles. The number of piperazine rings is 1. The summed E-state index contributed by atoms with van der Waals surface area (Å²) in [4.78, 5) is 5.18. The lowest BCUT2D eigenvalue weighted by molar-refractivity contribution is -0.0346. The molecule has 2 unspecified atom stereocenters. The van der Waals surface area contributed by atoms with Gasteiger partial charge in [-0.05, 0) is 39.7 Å². The topological polar surface area (TPSA) is 32.5 Å². The lowest BCUT2D eigenvalue weighted by Gasteiger charge is -2.53. The van der Waals surface area contributed by atoms with Gasteiger partial charge in [-0.25, -0.2) is 0 Å². The fraction of sp³-hybridized carbons (Fsp3) is 1.00. The predicted molar refractivity (Wildman–Crippen MR) is 73.1 cm³/mol. The Morgan fingerprint density at radius 3 is 2.47 bits per heavy atom. The van der Waals surface area contributed by atoms with E-state index in [1.807, 2.05) is 0 Å². The lowest BCUT2D eigenvalue weighted by atomic mass is 9.83. The third-order valence-electron chi connectivity index (χ3n) is 5.46. The van der Waals surface area contributed by atoms with Crippen molar-refractivity contribution in [2.75, 3.05) is 33.2 Å². The van der Waals surface area contributed by atoms with Crippen LogP contribution >= 0.6 is 0 Å². The summed E-state index contributed by atoms with van der Waals surface area (Å²) in [6, 6.07) is 0. The van der Waals surface area contributed by atoms with Crippen molar-refractivity contribution in [2.24, 2.45) is 11.7 Å². The molecule has 0 amide bonds. The molecule has 1 heterocycles. The Morgan fingerprint density at radius 2 is 2.00 bits per heavy atom. The van der Waals surface area contributed by atoms with E-state index in [4.69, 9.17) is 5.73 Å². The molecule has 3 heteroatoms. The predicted octanol–water partition coefficient (Wildman–Crippen LogP) is 1.53. The molecule has 0 radical (unpaired) electrons. The van der Waals surface area contributed by atoms with Crippen LogP contribution < -0.4 is 5.73 Å². The molecule has 3 nitrogen and oxygen atoms in total. The average Bonchev–Trinajstić information content (AvgIpc) is 2.65. The summed E-state index contributed by atoms with van der Waals surface area (Å²) in [7, 11) is 2.24. The van der Waals surface area contributed by atoms with Crippen LogP contribution in [-0.2, 0) is 0 Å². The van der Waals surface area contributed by atoms with Crippen molar-refractivity contribution in [1.29, 1.82) is 0 Å². The van der Waals surface area contributed by atoms with E-state index in [1.54, 1.807) is 0 Å². The second kappa shape index (κ2) is 4.52. The van der Waals surface area contributed by atoms with Gasteiger partial charge < -0.3 is 5.73 Å². The zero-order chi connectivity index (χ0) is 12.7. The molecule has 1 aliphatic carbocycles. The maximum atomic E-state index is 6.16. The molecule has 0 bridgehead atoms. The van der Waals surface area contributed by atoms with Gasteiger partial charge in [-0.15, -0.1) is 0 Å². The van der Waals surface area contributed by atoms with Crippen molar-refractivity contribution in [2.45, 2.75) is 51.1 Å². The summed E-state index contributed by atoms with van der Waals surface area (Å²) in [5.41, 5.74) is 6.73. The van der Waals surface area contributed by atoms with Gasteiger partial charge in [0.05, 0.1) is 0 Å². The monoisotopic (exact) mass is 239 g/mol. The number of hydrogen-bond acceptors (Lipinski definition) is 3. The number of nitrogens with zero attached hydrogens (tertiary/aromatic N) is 2. The number of rotatable bonds is 2. The van der Waals surface area contributed by atoms with E-state index in [-0.39, 0.29) is 5.54 Å². The fourth-order valence-corrected chi connectivity index (χ4v) is 3.75. The van der Waals surface area contributed by atoms with Gasteiger partial charge in [0.25, 0.3) is 0 Å². The minimum absolute atomic E-state index is 0.280. The fourth-order valence-electron chi connectivity index (χ4n) is 3.75. The van der Waals surface area contributed by atoms with E-state index in [9.17, 15) is 0 Å². The van der Waals surface area contributed by atoms with Gasteiger partial charge in [0.1, 0.15) is 0 Å². The van der Waals surface area contributed by atoms with Gasteiger partial charge in [0.2, 0.25) is 0 Å². The second-order valence-electron chi connectivity index (χ2n) is 6.76. The van der Waals surface area contributed by atoms with Crippen LogP contribution in [0, 0.1) is 5.92 Å². The molecule has 0 aromatic heterocycles. The van der Waals surface area contributed by atoms with Crippen molar-refractivity contribution in [1.82, 2.24) is 9.80 Å². The summed E-state index contributed by atoms with van der Waals surface area (Å²) in [5.74, 6) is 0.756. The van der Waals surface area contributed by atoms with E-state index in [0.717, 1.165) is 19.0 Å². The maximum absolute atomic E-state index is 6.16. The van der Waals surface area contributed by atoms with Gasteiger partial charge in [0.15, 0.2) is 0 Å². The van der Waals surface area contributed by atoms with Crippen LogP contribution in [0.25, 0.3) is 0 Å². The van der Waals surface area contributed by atoms with Crippen LogP contribution in [0.3, 0.4) is 0 Å². The zero-order valence-electron chi connectivity index (χ0n) is 12.0. The molecular formula is C14H29N3. The maximum Gasteiger partial charge on any atom is 0.0358 e. The molecule has 100 valence electrons. The highest BCUT2D eigenvalue weighted by Gasteiger charge is 2.47. The average molecular weight is 239 g/mol. The molecule has 2 rings (SSSR count). The van der Waals surface area contributed by atoms with E-state index >= 15 is 0 Å². The highest BCUT2D eigenvalue weighted by atomic mass is 15.3. The lowest BCUT2D eigenvalue weighted by Crippen LogP contribution is -2.66. The second-order valence-corrected chi connectivity index (χ2v) is 6.76. The quantitative estimate of drug-likeness (QED) is 0.793. The first-order valence-corrected chi connectivity index (χ1v) is 7.09. The molecule has 2 fully saturated rings. The van der Waals surface area contributed by atoms with Crippen LogP contribution in [0.4, 0.5) is 0 Å². The number of nitrogens with two attached hydrogens (primary N) is 1. The molecule has 2 N–H and O–H groups in total. The van der Waals surface area contributed by atoms with Crippen molar-refractivity contribution in [3.8, 4) is 0 Å². The van der Waals surface area contributed by atoms with Gasteiger partial charge in [-0.1, -0.05) is 13.3 Å². The van der Waals surface area contributed by atoms with E-state index < -0.39 is 0 Å². The Bertz CT molecular complexity index is 277. The van der Waals surface area contributed by atoms with Gasteiger partial charge in [0, 0.05) is 37.3 Å². The molecule has 0 aromatic rings. The van der Waals surface area contributed by atoms with Crippen LogP contribution in [-0.4, -0.2) is 54.1 Å². The van der Waals surface area contributed by atoms with Crippen LogP contribution in [0.15, 0.2) is 0 Å². The summed E-state index contributed by atoms with van der Waals surface area (Å²) in [6.07, 6.45) is 4.00. The highest BCUT2D eigenvalue weighted by Crippen LogP contribution is 2.41. The summed E-state index contributed by atoms with van der Waals surface area (Å²) >= 11 is 0. The Labute approximate surface area is 106 Å². The molecule has 1 aliphatic heterocycles. The Kier molecular flexibility index (Phi) is 3.54. The Morgan fingerprint density at radius 1 is 1.29 bits per heavy atom. The third-order valence-corrected chi connectivity index (χ3v) is 5.46. The normalized spacial score (nSPS) is 39.7. The third kappa shape index (κ3) is 2.13. The number of hydrogen-bond donors (Lipinski definition) is 1. The van der Waals surface area contributed by atoms with Crippen molar-refractivity contribution in [3.63, 3.8) is 0 Å². The zero-order valence-corrected chi connectivity index (χ0v) is 12.0. The first kappa shape index (κ1) is 13.3. The molecule has 17 heavy (non-hydrogen) atoms. The molecule has 2 aliphatic rings. The number of likely N-dealkylation sites (N-methyl/N-ethyl adjacent to an activating group) is 1. The first-order chi connectivity index (χ1) is 7.92. The van der Waals surface area contributed by atoms with Crippen molar-refractivity contribution >= 4 is 0 Å².